The number of nitrogens with zero attached hydrogens (tertiary/aromatic N) is 4. The normalized spacial score (nSPS) is 21.0. The number of anilines is 1. The van der Waals surface area contributed by atoms with Gasteiger partial charge in [0.1, 0.15) is 6.33 Å². The second kappa shape index (κ2) is 6.29. The van der Waals surface area contributed by atoms with Crippen molar-refractivity contribution >= 4 is 5.82 Å². The first-order valence-electron chi connectivity index (χ1n) is 7.56. The summed E-state index contributed by atoms with van der Waals surface area (Å²) in [4.78, 5) is 8.45. The highest BCUT2D eigenvalue weighted by Gasteiger charge is 2.27. The molecule has 0 spiro atoms. The van der Waals surface area contributed by atoms with Gasteiger partial charge in [0.15, 0.2) is 11.6 Å². The summed E-state index contributed by atoms with van der Waals surface area (Å²) in [5.41, 5.74) is 0.843. The van der Waals surface area contributed by atoms with E-state index in [9.17, 15) is 0 Å². The Morgan fingerprint density at radius 2 is 2.14 bits per heavy atom. The van der Waals surface area contributed by atoms with Crippen LogP contribution in [0.2, 0.25) is 0 Å². The van der Waals surface area contributed by atoms with Crippen LogP contribution in [0, 0.1) is 19.8 Å². The Morgan fingerprint density at radius 1 is 1.27 bits per heavy atom. The summed E-state index contributed by atoms with van der Waals surface area (Å²) in [7, 11) is 1.65. The molecule has 0 bridgehead atoms. The van der Waals surface area contributed by atoms with Crippen molar-refractivity contribution in [3.8, 4) is 5.75 Å². The predicted octanol–water partition coefficient (Wildman–Crippen LogP) is 2.31. The maximum absolute atomic E-state index is 5.47. The minimum Gasteiger partial charge on any atom is -0.491 e. The highest BCUT2D eigenvalue weighted by atomic mass is 16.5. The number of rotatable bonds is 5. The average Bonchev–Trinajstić information content (AvgIpc) is 3.09. The maximum Gasteiger partial charge on any atom is 0.216 e. The molecule has 118 valence electrons. The van der Waals surface area contributed by atoms with E-state index in [-0.39, 0.29) is 0 Å². The minimum absolute atomic E-state index is 0.386. The van der Waals surface area contributed by atoms with Gasteiger partial charge in [0.05, 0.1) is 12.8 Å². The number of aryl methyl sites for hydroxylation is 2. The molecule has 2 aromatic heterocycles. The highest BCUT2D eigenvalue weighted by molar-refractivity contribution is 5.52. The molecule has 3 rings (SSSR count). The van der Waals surface area contributed by atoms with Gasteiger partial charge in [0.25, 0.3) is 0 Å². The summed E-state index contributed by atoms with van der Waals surface area (Å²) in [5, 5.41) is 11.4. The van der Waals surface area contributed by atoms with Crippen molar-refractivity contribution in [1.82, 2.24) is 20.2 Å². The number of nitrogens with one attached hydrogen (secondary N) is 1. The van der Waals surface area contributed by atoms with Crippen molar-refractivity contribution in [3.63, 3.8) is 0 Å². The molecule has 1 N–H and O–H groups in total. The van der Waals surface area contributed by atoms with Gasteiger partial charge in [0, 0.05) is 19.4 Å². The van der Waals surface area contributed by atoms with Crippen LogP contribution in [0.3, 0.4) is 0 Å². The van der Waals surface area contributed by atoms with Gasteiger partial charge in [0.2, 0.25) is 11.8 Å². The van der Waals surface area contributed by atoms with Gasteiger partial charge in [-0.1, -0.05) is 0 Å². The van der Waals surface area contributed by atoms with E-state index < -0.39 is 0 Å². The van der Waals surface area contributed by atoms with E-state index in [1.165, 1.54) is 0 Å². The van der Waals surface area contributed by atoms with E-state index in [2.05, 4.69) is 25.5 Å². The molecule has 2 atom stereocenters. The van der Waals surface area contributed by atoms with E-state index in [1.807, 2.05) is 13.8 Å². The molecule has 2 aromatic rings. The van der Waals surface area contributed by atoms with E-state index in [0.717, 1.165) is 48.8 Å². The van der Waals surface area contributed by atoms with Crippen LogP contribution < -0.4 is 10.1 Å². The lowest BCUT2D eigenvalue weighted by atomic mass is 10.0. The molecule has 7 heteroatoms. The molecule has 0 radical (unpaired) electrons. The van der Waals surface area contributed by atoms with Crippen molar-refractivity contribution < 1.29 is 9.15 Å². The zero-order valence-electron chi connectivity index (χ0n) is 13.2. The number of hydrogen-bond acceptors (Lipinski definition) is 7. The van der Waals surface area contributed by atoms with Crippen LogP contribution in [0.1, 0.15) is 36.7 Å². The number of methoxy groups -OCH3 is 1. The third-order valence-corrected chi connectivity index (χ3v) is 4.10. The van der Waals surface area contributed by atoms with Gasteiger partial charge in [-0.3, -0.25) is 0 Å². The third kappa shape index (κ3) is 3.18. The van der Waals surface area contributed by atoms with Crippen LogP contribution in [0.15, 0.2) is 10.7 Å². The van der Waals surface area contributed by atoms with Crippen molar-refractivity contribution in [2.24, 2.45) is 5.92 Å². The quantitative estimate of drug-likeness (QED) is 0.907. The fraction of sp³-hybridized carbons (Fsp3) is 0.600. The number of aromatic nitrogens is 4. The van der Waals surface area contributed by atoms with Crippen molar-refractivity contribution in [2.75, 3.05) is 12.4 Å². The summed E-state index contributed by atoms with van der Waals surface area (Å²) in [6.45, 7) is 3.74. The molecular weight excluding hydrogens is 282 g/mol. The largest absolute Gasteiger partial charge is 0.491 e. The molecule has 7 nitrogen and oxygen atoms in total. The fourth-order valence-corrected chi connectivity index (χ4v) is 3.06. The molecule has 1 aliphatic rings. The average molecular weight is 303 g/mol. The number of hydrogen-bond donors (Lipinski definition) is 1. The predicted molar refractivity (Wildman–Crippen MR) is 80.8 cm³/mol. The monoisotopic (exact) mass is 303 g/mol. The molecule has 22 heavy (non-hydrogen) atoms. The SMILES string of the molecule is COc1c(C)ncnc1N[C@H]1CC[C@@H](Cc2nnc(C)o2)C1. The Morgan fingerprint density at radius 3 is 2.86 bits per heavy atom. The van der Waals surface area contributed by atoms with Gasteiger partial charge in [-0.15, -0.1) is 10.2 Å². The summed E-state index contributed by atoms with van der Waals surface area (Å²) in [5.74, 6) is 3.42. The lowest BCUT2D eigenvalue weighted by Crippen LogP contribution is -2.18. The smallest absolute Gasteiger partial charge is 0.216 e. The number of ether oxygens (including phenoxy) is 1. The molecule has 0 aliphatic heterocycles. The molecule has 0 unspecified atom stereocenters. The highest BCUT2D eigenvalue weighted by Crippen LogP contribution is 2.32. The lowest BCUT2D eigenvalue weighted by molar-refractivity contribution is 0.407. The van der Waals surface area contributed by atoms with Gasteiger partial charge in [-0.05, 0) is 32.1 Å². The topological polar surface area (TPSA) is 86.0 Å². The summed E-state index contributed by atoms with van der Waals surface area (Å²) < 4.78 is 10.9. The first-order valence-corrected chi connectivity index (χ1v) is 7.56. The van der Waals surface area contributed by atoms with Crippen LogP contribution in [0.25, 0.3) is 0 Å². The summed E-state index contributed by atoms with van der Waals surface area (Å²) >= 11 is 0. The van der Waals surface area contributed by atoms with E-state index in [1.54, 1.807) is 13.4 Å². The molecule has 0 saturated heterocycles. The van der Waals surface area contributed by atoms with Gasteiger partial charge in [-0.25, -0.2) is 9.97 Å². The lowest BCUT2D eigenvalue weighted by Gasteiger charge is -2.16. The zero-order valence-corrected chi connectivity index (χ0v) is 13.2. The van der Waals surface area contributed by atoms with Crippen molar-refractivity contribution in [1.29, 1.82) is 0 Å². The first kappa shape index (κ1) is 14.7. The van der Waals surface area contributed by atoms with E-state index in [4.69, 9.17) is 9.15 Å². The Kier molecular flexibility index (Phi) is 4.22. The molecular formula is C15H21N5O2. The Bertz CT molecular complexity index is 643. The van der Waals surface area contributed by atoms with E-state index in [0.29, 0.717) is 17.9 Å². The van der Waals surface area contributed by atoms with Crippen LogP contribution in [-0.4, -0.2) is 33.3 Å². The molecule has 1 fully saturated rings. The van der Waals surface area contributed by atoms with Crippen molar-refractivity contribution in [2.45, 2.75) is 45.6 Å². The van der Waals surface area contributed by atoms with Gasteiger partial charge >= 0.3 is 0 Å². The summed E-state index contributed by atoms with van der Waals surface area (Å²) in [6.07, 6.45) is 5.72. The first-order chi connectivity index (χ1) is 10.7. The molecule has 1 saturated carbocycles. The standard InChI is InChI=1S/C15H21N5O2/c1-9-14(21-3)15(17-8-16-9)18-12-5-4-11(6-12)7-13-20-19-10(2)22-13/h8,11-12H,4-7H2,1-3H3,(H,16,17,18)/t11-,12+/m1/s1. The van der Waals surface area contributed by atoms with Crippen LogP contribution in [0.5, 0.6) is 5.75 Å². The zero-order chi connectivity index (χ0) is 15.5. The second-order valence-corrected chi connectivity index (χ2v) is 5.78. The molecule has 2 heterocycles. The Hall–Kier alpha value is -2.18. The maximum atomic E-state index is 5.47. The van der Waals surface area contributed by atoms with Crippen LogP contribution in [0.4, 0.5) is 5.82 Å². The summed E-state index contributed by atoms with van der Waals surface area (Å²) in [6, 6.07) is 0.386. The Labute approximate surface area is 129 Å². The minimum atomic E-state index is 0.386. The van der Waals surface area contributed by atoms with Gasteiger partial charge in [-0.2, -0.15) is 0 Å². The van der Waals surface area contributed by atoms with Crippen molar-refractivity contribution in [3.05, 3.63) is 23.8 Å². The van der Waals surface area contributed by atoms with Crippen LogP contribution in [-0.2, 0) is 6.42 Å². The molecule has 0 amide bonds. The molecule has 0 aromatic carbocycles. The van der Waals surface area contributed by atoms with E-state index >= 15 is 0 Å². The fourth-order valence-electron chi connectivity index (χ4n) is 3.06. The third-order valence-electron chi connectivity index (χ3n) is 4.10. The molecule has 1 aliphatic carbocycles. The second-order valence-electron chi connectivity index (χ2n) is 5.78. The van der Waals surface area contributed by atoms with Gasteiger partial charge < -0.3 is 14.5 Å². The van der Waals surface area contributed by atoms with Crippen LogP contribution >= 0.6 is 0 Å². The Balaban J connectivity index is 1.60.